The largest absolute Gasteiger partial charge is 0.329 e. The van der Waals surface area contributed by atoms with E-state index in [0.717, 1.165) is 0 Å². The molecule has 1 aromatic carbocycles. The van der Waals surface area contributed by atoms with E-state index in [-0.39, 0.29) is 0 Å². The molecule has 1 aliphatic rings. The Hall–Kier alpha value is -0.380. The molecule has 112 valence electrons. The van der Waals surface area contributed by atoms with Crippen LogP contribution in [-0.4, -0.2) is 24.0 Å². The fourth-order valence-electron chi connectivity index (χ4n) is 3.36. The first-order valence-electron chi connectivity index (χ1n) is 7.89. The van der Waals surface area contributed by atoms with Gasteiger partial charge < -0.3 is 5.73 Å². The number of nitrogens with zero attached hydrogens (tertiary/aromatic N) is 1. The molecule has 20 heavy (non-hydrogen) atoms. The van der Waals surface area contributed by atoms with Gasteiger partial charge in [-0.2, -0.15) is 0 Å². The summed E-state index contributed by atoms with van der Waals surface area (Å²) in [5.74, 6) is 0. The molecule has 2 rings (SSSR count). The molecule has 1 aliphatic heterocycles. The van der Waals surface area contributed by atoms with E-state index in [1.54, 1.807) is 0 Å². The maximum absolute atomic E-state index is 6.13. The van der Waals surface area contributed by atoms with Crippen LogP contribution in [-0.2, 0) is 0 Å². The molecule has 2 atom stereocenters. The van der Waals surface area contributed by atoms with E-state index in [0.29, 0.717) is 18.6 Å². The van der Waals surface area contributed by atoms with E-state index in [4.69, 9.17) is 5.73 Å². The van der Waals surface area contributed by atoms with Crippen LogP contribution in [0.25, 0.3) is 0 Å². The van der Waals surface area contributed by atoms with Gasteiger partial charge in [-0.3, -0.25) is 4.90 Å². The van der Waals surface area contributed by atoms with Gasteiger partial charge in [0.2, 0.25) is 0 Å². The second kappa shape index (κ2) is 7.58. The molecule has 2 N–H and O–H groups in total. The Morgan fingerprint density at radius 1 is 1.40 bits per heavy atom. The molecule has 3 heteroatoms. The Morgan fingerprint density at radius 3 is 2.85 bits per heavy atom. The van der Waals surface area contributed by atoms with E-state index in [9.17, 15) is 0 Å². The van der Waals surface area contributed by atoms with Gasteiger partial charge >= 0.3 is 0 Å². The molecule has 1 heterocycles. The quantitative estimate of drug-likeness (QED) is 0.861. The number of rotatable bonds is 5. The number of piperidine rings is 1. The summed E-state index contributed by atoms with van der Waals surface area (Å²) in [5.41, 5.74) is 8.77. The monoisotopic (exact) mass is 338 g/mol. The van der Waals surface area contributed by atoms with E-state index < -0.39 is 0 Å². The summed E-state index contributed by atoms with van der Waals surface area (Å²) >= 11 is 3.65. The second-order valence-corrected chi connectivity index (χ2v) is 6.79. The first-order valence-corrected chi connectivity index (χ1v) is 8.68. The topological polar surface area (TPSA) is 29.3 Å². The fourth-order valence-corrected chi connectivity index (χ4v) is 3.75. The molecule has 0 aliphatic carbocycles. The third kappa shape index (κ3) is 3.63. The standard InChI is InChI=1S/C17H27BrN2/c1-3-6-15-7-4-5-10-20(15)17(12-19)14-9-8-13(2)16(18)11-14/h8-9,11,15,17H,3-7,10,12,19H2,1-2H3. The molecule has 0 spiro atoms. The van der Waals surface area contributed by atoms with Gasteiger partial charge in [0.25, 0.3) is 0 Å². The van der Waals surface area contributed by atoms with Gasteiger partial charge in [-0.05, 0) is 49.9 Å². The zero-order valence-electron chi connectivity index (χ0n) is 12.7. The van der Waals surface area contributed by atoms with Crippen LogP contribution in [0.5, 0.6) is 0 Å². The van der Waals surface area contributed by atoms with Crippen LogP contribution in [0.15, 0.2) is 22.7 Å². The SMILES string of the molecule is CCCC1CCCCN1C(CN)c1ccc(C)c(Br)c1. The van der Waals surface area contributed by atoms with E-state index in [1.807, 2.05) is 0 Å². The highest BCUT2D eigenvalue weighted by molar-refractivity contribution is 9.10. The number of likely N-dealkylation sites (tertiary alicyclic amines) is 1. The first-order chi connectivity index (χ1) is 9.67. The van der Waals surface area contributed by atoms with Crippen molar-refractivity contribution in [1.29, 1.82) is 0 Å². The molecular weight excluding hydrogens is 312 g/mol. The summed E-state index contributed by atoms with van der Waals surface area (Å²) in [7, 11) is 0. The second-order valence-electron chi connectivity index (χ2n) is 5.94. The lowest BCUT2D eigenvalue weighted by Gasteiger charge is -2.41. The lowest BCUT2D eigenvalue weighted by molar-refractivity contribution is 0.0912. The average molecular weight is 339 g/mol. The number of hydrogen-bond donors (Lipinski definition) is 1. The van der Waals surface area contributed by atoms with Crippen LogP contribution in [0.4, 0.5) is 0 Å². The normalized spacial score (nSPS) is 21.9. The highest BCUT2D eigenvalue weighted by Gasteiger charge is 2.28. The predicted octanol–water partition coefficient (Wildman–Crippen LogP) is 4.41. The van der Waals surface area contributed by atoms with E-state index >= 15 is 0 Å². The molecule has 0 bridgehead atoms. The van der Waals surface area contributed by atoms with Crippen molar-refractivity contribution in [3.63, 3.8) is 0 Å². The van der Waals surface area contributed by atoms with Crippen LogP contribution in [0.3, 0.4) is 0 Å². The zero-order chi connectivity index (χ0) is 14.5. The Bertz CT molecular complexity index is 431. The average Bonchev–Trinajstić information content (AvgIpc) is 2.45. The lowest BCUT2D eigenvalue weighted by atomic mass is 9.93. The molecule has 1 fully saturated rings. The third-order valence-electron chi connectivity index (χ3n) is 4.50. The van der Waals surface area contributed by atoms with Crippen molar-refractivity contribution in [2.45, 2.75) is 58.0 Å². The van der Waals surface area contributed by atoms with Gasteiger partial charge in [-0.25, -0.2) is 0 Å². The molecule has 1 aromatic rings. The van der Waals surface area contributed by atoms with Gasteiger partial charge in [-0.15, -0.1) is 0 Å². The first kappa shape index (κ1) is 16.0. The van der Waals surface area contributed by atoms with E-state index in [2.05, 4.69) is 52.9 Å². The number of benzene rings is 1. The summed E-state index contributed by atoms with van der Waals surface area (Å²) in [4.78, 5) is 2.66. The summed E-state index contributed by atoms with van der Waals surface area (Å²) in [6.07, 6.45) is 6.57. The predicted molar refractivity (Wildman–Crippen MR) is 89.9 cm³/mol. The van der Waals surface area contributed by atoms with Crippen LogP contribution in [0, 0.1) is 6.92 Å². The molecule has 0 saturated carbocycles. The van der Waals surface area contributed by atoms with E-state index in [1.165, 1.54) is 54.2 Å². The number of hydrogen-bond acceptors (Lipinski definition) is 2. The molecule has 0 aromatic heterocycles. The molecular formula is C17H27BrN2. The zero-order valence-corrected chi connectivity index (χ0v) is 14.3. The van der Waals surface area contributed by atoms with Crippen LogP contribution < -0.4 is 5.73 Å². The van der Waals surface area contributed by atoms with Crippen molar-refractivity contribution in [2.24, 2.45) is 5.73 Å². The lowest BCUT2D eigenvalue weighted by Crippen LogP contribution is -2.44. The van der Waals surface area contributed by atoms with Crippen molar-refractivity contribution in [3.8, 4) is 0 Å². The Morgan fingerprint density at radius 2 is 2.20 bits per heavy atom. The smallest absolute Gasteiger partial charge is 0.0473 e. The van der Waals surface area contributed by atoms with Gasteiger partial charge in [0.1, 0.15) is 0 Å². The Balaban J connectivity index is 2.22. The van der Waals surface area contributed by atoms with Crippen molar-refractivity contribution in [1.82, 2.24) is 4.90 Å². The number of aryl methyl sites for hydroxylation is 1. The van der Waals surface area contributed by atoms with Gasteiger partial charge in [0, 0.05) is 23.1 Å². The maximum Gasteiger partial charge on any atom is 0.0473 e. The van der Waals surface area contributed by atoms with Crippen LogP contribution in [0.1, 0.15) is 56.2 Å². The minimum Gasteiger partial charge on any atom is -0.329 e. The van der Waals surface area contributed by atoms with Crippen molar-refractivity contribution in [2.75, 3.05) is 13.1 Å². The summed E-state index contributed by atoms with van der Waals surface area (Å²) in [6.45, 7) is 6.31. The number of nitrogens with two attached hydrogens (primary N) is 1. The summed E-state index contributed by atoms with van der Waals surface area (Å²) in [6, 6.07) is 7.77. The molecule has 2 nitrogen and oxygen atoms in total. The van der Waals surface area contributed by atoms with Crippen LogP contribution in [0.2, 0.25) is 0 Å². The maximum atomic E-state index is 6.13. The minimum atomic E-state index is 0.365. The molecule has 1 saturated heterocycles. The van der Waals surface area contributed by atoms with Gasteiger partial charge in [0.05, 0.1) is 0 Å². The molecule has 0 radical (unpaired) electrons. The van der Waals surface area contributed by atoms with Crippen molar-refractivity contribution >= 4 is 15.9 Å². The Labute approximate surface area is 131 Å². The van der Waals surface area contributed by atoms with Crippen LogP contribution >= 0.6 is 15.9 Å². The fraction of sp³-hybridized carbons (Fsp3) is 0.647. The summed E-state index contributed by atoms with van der Waals surface area (Å²) in [5, 5.41) is 0. The highest BCUT2D eigenvalue weighted by atomic mass is 79.9. The molecule has 2 unspecified atom stereocenters. The van der Waals surface area contributed by atoms with Gasteiger partial charge in [-0.1, -0.05) is 47.8 Å². The summed E-state index contributed by atoms with van der Waals surface area (Å²) < 4.78 is 1.19. The minimum absolute atomic E-state index is 0.365. The number of halogens is 1. The third-order valence-corrected chi connectivity index (χ3v) is 5.35. The van der Waals surface area contributed by atoms with Crippen molar-refractivity contribution < 1.29 is 0 Å². The molecule has 0 amide bonds. The van der Waals surface area contributed by atoms with Crippen molar-refractivity contribution in [3.05, 3.63) is 33.8 Å². The Kier molecular flexibility index (Phi) is 6.06. The highest BCUT2D eigenvalue weighted by Crippen LogP contribution is 2.31. The van der Waals surface area contributed by atoms with Gasteiger partial charge in [0.15, 0.2) is 0 Å².